The Morgan fingerprint density at radius 2 is 1.95 bits per heavy atom. The average Bonchev–Trinajstić information content (AvgIpc) is 2.78. The second-order valence-electron chi connectivity index (χ2n) is 4.25. The molecule has 0 bridgehead atoms. The molecule has 0 spiro atoms. The maximum atomic E-state index is 8.59. The van der Waals surface area contributed by atoms with Crippen LogP contribution < -0.4 is 4.90 Å². The van der Waals surface area contributed by atoms with Crippen LogP contribution in [0.5, 0.6) is 0 Å². The first-order valence-corrected chi connectivity index (χ1v) is 6.79. The van der Waals surface area contributed by atoms with Crippen molar-refractivity contribution in [2.45, 2.75) is 5.16 Å². The topological polar surface area (TPSA) is 57.7 Å². The van der Waals surface area contributed by atoms with E-state index in [1.807, 2.05) is 50.0 Å². The molecule has 0 radical (unpaired) electrons. The first-order chi connectivity index (χ1) is 9.13. The molecule has 0 aliphatic heterocycles. The van der Waals surface area contributed by atoms with Crippen LogP contribution in [0.3, 0.4) is 0 Å². The van der Waals surface area contributed by atoms with E-state index in [1.165, 1.54) is 11.8 Å². The molecule has 0 amide bonds. The molecule has 19 heavy (non-hydrogen) atoms. The Balaban J connectivity index is 2.27. The van der Waals surface area contributed by atoms with E-state index < -0.39 is 0 Å². The summed E-state index contributed by atoms with van der Waals surface area (Å²) in [4.78, 5) is 2.05. The van der Waals surface area contributed by atoms with Crippen molar-refractivity contribution in [2.24, 2.45) is 7.05 Å². The molecule has 5 nitrogen and oxygen atoms in total. The molecule has 1 heterocycles. The van der Waals surface area contributed by atoms with Crippen molar-refractivity contribution in [3.63, 3.8) is 0 Å². The first-order valence-electron chi connectivity index (χ1n) is 5.80. The number of benzene rings is 1. The number of hydrogen-bond donors (Lipinski definition) is 0. The highest BCUT2D eigenvalue weighted by atomic mass is 32.2. The molecule has 2 rings (SSSR count). The van der Waals surface area contributed by atoms with Gasteiger partial charge >= 0.3 is 0 Å². The van der Waals surface area contributed by atoms with Crippen LogP contribution in [0.1, 0.15) is 0 Å². The van der Waals surface area contributed by atoms with E-state index in [-0.39, 0.29) is 0 Å². The molecule has 1 aromatic carbocycles. The summed E-state index contributed by atoms with van der Waals surface area (Å²) >= 11 is 1.39. The van der Waals surface area contributed by atoms with Gasteiger partial charge in [0.25, 0.3) is 0 Å². The Morgan fingerprint density at radius 3 is 2.53 bits per heavy atom. The minimum Gasteiger partial charge on any atom is -0.378 e. The molecule has 0 aliphatic rings. The number of hydrogen-bond acceptors (Lipinski definition) is 5. The van der Waals surface area contributed by atoms with E-state index in [4.69, 9.17) is 5.26 Å². The van der Waals surface area contributed by atoms with Gasteiger partial charge in [-0.05, 0) is 24.3 Å². The molecule has 98 valence electrons. The SMILES string of the molecule is CN(C)c1ccc(-c2nnc(SCC#N)n2C)cc1. The smallest absolute Gasteiger partial charge is 0.192 e. The number of anilines is 1. The van der Waals surface area contributed by atoms with Crippen molar-refractivity contribution in [1.29, 1.82) is 5.26 Å². The van der Waals surface area contributed by atoms with Gasteiger partial charge in [-0.15, -0.1) is 10.2 Å². The van der Waals surface area contributed by atoms with Crippen LogP contribution >= 0.6 is 11.8 Å². The Morgan fingerprint density at radius 1 is 1.26 bits per heavy atom. The fourth-order valence-electron chi connectivity index (χ4n) is 1.70. The van der Waals surface area contributed by atoms with Crippen molar-refractivity contribution < 1.29 is 0 Å². The Hall–Kier alpha value is -2.00. The third-order valence-corrected chi connectivity index (χ3v) is 3.63. The number of aromatic nitrogens is 3. The molecule has 0 aliphatic carbocycles. The summed E-state index contributed by atoms with van der Waals surface area (Å²) in [6.07, 6.45) is 0. The summed E-state index contributed by atoms with van der Waals surface area (Å²) in [6.45, 7) is 0. The average molecular weight is 273 g/mol. The van der Waals surface area contributed by atoms with E-state index in [9.17, 15) is 0 Å². The van der Waals surface area contributed by atoms with Crippen LogP contribution in [0.2, 0.25) is 0 Å². The van der Waals surface area contributed by atoms with Crippen LogP contribution in [-0.2, 0) is 7.05 Å². The molecule has 2 aromatic rings. The van der Waals surface area contributed by atoms with Gasteiger partial charge in [-0.1, -0.05) is 11.8 Å². The third kappa shape index (κ3) is 2.88. The highest BCUT2D eigenvalue weighted by Crippen LogP contribution is 2.24. The summed E-state index contributed by atoms with van der Waals surface area (Å²) in [5.74, 6) is 1.19. The van der Waals surface area contributed by atoms with E-state index in [0.29, 0.717) is 5.75 Å². The van der Waals surface area contributed by atoms with Crippen LogP contribution in [0.25, 0.3) is 11.4 Å². The largest absolute Gasteiger partial charge is 0.378 e. The van der Waals surface area contributed by atoms with Crippen molar-refractivity contribution in [3.8, 4) is 17.5 Å². The van der Waals surface area contributed by atoms with Gasteiger partial charge in [0.05, 0.1) is 11.8 Å². The highest BCUT2D eigenvalue weighted by Gasteiger charge is 2.10. The lowest BCUT2D eigenvalue weighted by Gasteiger charge is -2.12. The molecule has 6 heteroatoms. The van der Waals surface area contributed by atoms with E-state index in [1.54, 1.807) is 0 Å². The molecule has 0 fully saturated rings. The van der Waals surface area contributed by atoms with Crippen molar-refractivity contribution >= 4 is 17.4 Å². The number of rotatable bonds is 4. The minimum absolute atomic E-state index is 0.380. The fraction of sp³-hybridized carbons (Fsp3) is 0.308. The monoisotopic (exact) mass is 273 g/mol. The molecule has 1 aromatic heterocycles. The quantitative estimate of drug-likeness (QED) is 0.799. The van der Waals surface area contributed by atoms with Gasteiger partial charge in [-0.25, -0.2) is 0 Å². The maximum Gasteiger partial charge on any atom is 0.192 e. The van der Waals surface area contributed by atoms with Crippen LogP contribution in [0.4, 0.5) is 5.69 Å². The zero-order valence-electron chi connectivity index (χ0n) is 11.2. The van der Waals surface area contributed by atoms with Crippen molar-refractivity contribution in [3.05, 3.63) is 24.3 Å². The van der Waals surface area contributed by atoms with Crippen molar-refractivity contribution in [1.82, 2.24) is 14.8 Å². The molecule has 0 N–H and O–H groups in total. The molecule has 0 atom stereocenters. The fourth-order valence-corrected chi connectivity index (χ4v) is 2.27. The molecule has 0 unspecified atom stereocenters. The maximum absolute atomic E-state index is 8.59. The third-order valence-electron chi connectivity index (χ3n) is 2.74. The lowest BCUT2D eigenvalue weighted by atomic mass is 10.2. The Labute approximate surface area is 116 Å². The van der Waals surface area contributed by atoms with Gasteiger partial charge in [0.2, 0.25) is 0 Å². The van der Waals surface area contributed by atoms with Gasteiger partial charge in [0.15, 0.2) is 11.0 Å². The molecule has 0 saturated carbocycles. The van der Waals surface area contributed by atoms with Gasteiger partial charge in [-0.2, -0.15) is 5.26 Å². The number of nitrogens with zero attached hydrogens (tertiary/aromatic N) is 5. The normalized spacial score (nSPS) is 10.2. The van der Waals surface area contributed by atoms with Gasteiger partial charge in [0.1, 0.15) is 0 Å². The summed E-state index contributed by atoms with van der Waals surface area (Å²) in [5.41, 5.74) is 2.16. The second-order valence-corrected chi connectivity index (χ2v) is 5.20. The van der Waals surface area contributed by atoms with Gasteiger partial charge in [0, 0.05) is 32.4 Å². The Bertz CT molecular complexity index is 594. The predicted octanol–water partition coefficient (Wildman–Crippen LogP) is 2.16. The zero-order valence-corrected chi connectivity index (χ0v) is 12.0. The predicted molar refractivity (Wildman–Crippen MR) is 77.1 cm³/mol. The summed E-state index contributed by atoms with van der Waals surface area (Å²) < 4.78 is 1.91. The number of nitriles is 1. The zero-order chi connectivity index (χ0) is 13.8. The molecule has 0 saturated heterocycles. The lowest BCUT2D eigenvalue weighted by molar-refractivity contribution is 0.795. The molecular formula is C13H15N5S. The minimum atomic E-state index is 0.380. The molecular weight excluding hydrogens is 258 g/mol. The van der Waals surface area contributed by atoms with Gasteiger partial charge in [-0.3, -0.25) is 0 Å². The van der Waals surface area contributed by atoms with Crippen LogP contribution in [-0.4, -0.2) is 34.6 Å². The van der Waals surface area contributed by atoms with E-state index in [2.05, 4.69) is 21.2 Å². The number of thioether (sulfide) groups is 1. The van der Waals surface area contributed by atoms with E-state index >= 15 is 0 Å². The second kappa shape index (κ2) is 5.76. The van der Waals surface area contributed by atoms with Crippen LogP contribution in [0.15, 0.2) is 29.4 Å². The standard InChI is InChI=1S/C13H15N5S/c1-17(2)11-6-4-10(5-7-11)12-15-16-13(18(12)3)19-9-8-14/h4-7H,9H2,1-3H3. The van der Waals surface area contributed by atoms with Crippen molar-refractivity contribution in [2.75, 3.05) is 24.7 Å². The van der Waals surface area contributed by atoms with E-state index in [0.717, 1.165) is 22.2 Å². The lowest BCUT2D eigenvalue weighted by Crippen LogP contribution is -2.08. The highest BCUT2D eigenvalue weighted by molar-refractivity contribution is 7.99. The first kappa shape index (κ1) is 13.4. The summed E-state index contributed by atoms with van der Waals surface area (Å²) in [7, 11) is 5.93. The summed E-state index contributed by atoms with van der Waals surface area (Å²) in [6, 6.07) is 10.2. The van der Waals surface area contributed by atoms with Gasteiger partial charge < -0.3 is 9.47 Å². The van der Waals surface area contributed by atoms with Crippen LogP contribution in [0, 0.1) is 11.3 Å². The Kier molecular flexibility index (Phi) is 4.07. The summed E-state index contributed by atoms with van der Waals surface area (Å²) in [5, 5.41) is 17.6.